The second kappa shape index (κ2) is 10.7. The van der Waals surface area contributed by atoms with Gasteiger partial charge < -0.3 is 0 Å². The topological polar surface area (TPSA) is 103 Å². The van der Waals surface area contributed by atoms with Gasteiger partial charge >= 0.3 is 0 Å². The van der Waals surface area contributed by atoms with Crippen LogP contribution in [0.2, 0.25) is 0 Å². The smallest absolute Gasteiger partial charge is 0.135 e. The molecule has 0 saturated carbocycles. The van der Waals surface area contributed by atoms with E-state index in [9.17, 15) is 0 Å². The zero-order valence-corrected chi connectivity index (χ0v) is 35.9. The van der Waals surface area contributed by atoms with Crippen LogP contribution in [0.25, 0.3) is 0 Å². The van der Waals surface area contributed by atoms with E-state index in [0.717, 1.165) is 56.7 Å². The molecule has 1 aliphatic carbocycles. The van der Waals surface area contributed by atoms with Crippen LogP contribution in [0.15, 0.2) is 73.8 Å². The van der Waals surface area contributed by atoms with E-state index in [1.165, 1.54) is 0 Å². The largest absolute Gasteiger partial charge is 0.260 e. The Morgan fingerprint density at radius 2 is 0.786 bits per heavy atom. The van der Waals surface area contributed by atoms with Crippen molar-refractivity contribution in [3.63, 3.8) is 0 Å². The first-order chi connectivity index (χ1) is 26.0. The van der Waals surface area contributed by atoms with Crippen molar-refractivity contribution in [3.8, 4) is 0 Å². The summed E-state index contributed by atoms with van der Waals surface area (Å²) in [6.07, 6.45) is 18.3. The van der Waals surface area contributed by atoms with Crippen LogP contribution in [0.4, 0.5) is 0 Å². The van der Waals surface area contributed by atoms with Crippen molar-refractivity contribution in [1.29, 1.82) is 0 Å². The fourth-order valence-electron chi connectivity index (χ4n) is 12.7. The molecular formula is C48H58N8. The Labute approximate surface area is 333 Å². The first-order valence-corrected chi connectivity index (χ1v) is 20.4. The van der Waals surface area contributed by atoms with E-state index in [-0.39, 0.29) is 5.41 Å². The molecule has 0 radical (unpaired) electrons. The van der Waals surface area contributed by atoms with Gasteiger partial charge in [0.15, 0.2) is 0 Å². The third-order valence-electron chi connectivity index (χ3n) is 18.1. The fourth-order valence-corrected chi connectivity index (χ4v) is 12.7. The van der Waals surface area contributed by atoms with Gasteiger partial charge in [0.2, 0.25) is 0 Å². The molecule has 0 amide bonds. The van der Waals surface area contributed by atoms with Crippen LogP contribution in [0.1, 0.15) is 166 Å². The van der Waals surface area contributed by atoms with Crippen LogP contribution in [-0.4, -0.2) is 39.9 Å². The van der Waals surface area contributed by atoms with E-state index >= 15 is 0 Å². The predicted molar refractivity (Wildman–Crippen MR) is 220 cm³/mol. The molecule has 13 aliphatic rings. The number of hydrogen-bond acceptors (Lipinski definition) is 8. The highest BCUT2D eigenvalue weighted by Gasteiger charge is 2.69. The van der Waals surface area contributed by atoms with Gasteiger partial charge in [-0.3, -0.25) is 19.9 Å². The second-order valence-corrected chi connectivity index (χ2v) is 21.2. The van der Waals surface area contributed by atoms with Gasteiger partial charge in [-0.1, -0.05) is 109 Å². The highest BCUT2D eigenvalue weighted by molar-refractivity contribution is 5.51. The van der Waals surface area contributed by atoms with E-state index in [0.29, 0.717) is 12.8 Å². The van der Waals surface area contributed by atoms with E-state index < -0.39 is 48.7 Å². The summed E-state index contributed by atoms with van der Waals surface area (Å²) in [5.74, 6) is 1.55. The van der Waals surface area contributed by atoms with Gasteiger partial charge in [-0.15, -0.1) is 0 Å². The van der Waals surface area contributed by atoms with Crippen molar-refractivity contribution in [2.24, 2.45) is 0 Å². The normalized spacial score (nSPS) is 35.1. The zero-order chi connectivity index (χ0) is 40.3. The first kappa shape index (κ1) is 37.1. The molecular weight excluding hydrogens is 689 g/mol. The summed E-state index contributed by atoms with van der Waals surface area (Å²) < 4.78 is 0. The molecule has 18 rings (SSSR count). The SMILES string of the molecule is CC1(C)CC2(C)c3ccc(nc3)C(C)(C(C)(C)c3ccc1nc3)C1(C)CC3(C)c4cnc(cn4)C(C)(C(C)(C)c4cnc(nc4)C3(C)C)C2(C)c2ncc1cn2. The third kappa shape index (κ3) is 3.97. The van der Waals surface area contributed by atoms with Gasteiger partial charge in [0.25, 0.3) is 0 Å². The Hall–Kier alpha value is -4.46. The van der Waals surface area contributed by atoms with Crippen molar-refractivity contribution in [2.45, 2.75) is 164 Å². The van der Waals surface area contributed by atoms with Crippen LogP contribution in [0.5, 0.6) is 0 Å². The minimum Gasteiger partial charge on any atom is -0.260 e. The Morgan fingerprint density at radius 3 is 1.36 bits per heavy atom. The number of pyridine rings is 2. The maximum atomic E-state index is 5.68. The van der Waals surface area contributed by atoms with E-state index in [1.807, 2.05) is 0 Å². The van der Waals surface area contributed by atoms with E-state index in [4.69, 9.17) is 39.9 Å². The van der Waals surface area contributed by atoms with Crippen LogP contribution in [0.3, 0.4) is 0 Å². The van der Waals surface area contributed by atoms with Crippen LogP contribution in [-0.2, 0) is 54.1 Å². The molecule has 12 aliphatic heterocycles. The molecule has 0 spiro atoms. The summed E-state index contributed by atoms with van der Waals surface area (Å²) in [6.45, 7) is 32.9. The van der Waals surface area contributed by atoms with Crippen LogP contribution >= 0.6 is 0 Å². The highest BCUT2D eigenvalue weighted by Crippen LogP contribution is 2.66. The van der Waals surface area contributed by atoms with Gasteiger partial charge in [0, 0.05) is 115 Å². The molecule has 5 aromatic heterocycles. The Bertz CT molecular complexity index is 2380. The molecule has 8 heteroatoms. The van der Waals surface area contributed by atoms with Crippen LogP contribution in [0, 0.1) is 0 Å². The lowest BCUT2D eigenvalue weighted by atomic mass is 9.40. The third-order valence-corrected chi connectivity index (χ3v) is 18.1. The molecule has 6 unspecified atom stereocenters. The second-order valence-electron chi connectivity index (χ2n) is 21.2. The molecule has 6 atom stereocenters. The van der Waals surface area contributed by atoms with Crippen molar-refractivity contribution < 1.29 is 0 Å². The van der Waals surface area contributed by atoms with Gasteiger partial charge in [0.1, 0.15) is 11.6 Å². The highest BCUT2D eigenvalue weighted by atomic mass is 15.0. The molecule has 17 heterocycles. The fraction of sp³-hybridized carbons (Fsp3) is 0.542. The number of hydrogen-bond donors (Lipinski definition) is 0. The van der Waals surface area contributed by atoms with Gasteiger partial charge in [-0.25, -0.2) is 19.9 Å². The quantitative estimate of drug-likeness (QED) is 0.155. The van der Waals surface area contributed by atoms with Crippen molar-refractivity contribution in [3.05, 3.63) is 131 Å². The summed E-state index contributed by atoms with van der Waals surface area (Å²) in [5.41, 5.74) is 1.84. The maximum Gasteiger partial charge on any atom is 0.135 e. The first-order valence-electron chi connectivity index (χ1n) is 20.4. The molecule has 56 heavy (non-hydrogen) atoms. The summed E-state index contributed by atoms with van der Waals surface area (Å²) in [6, 6.07) is 9.35. The van der Waals surface area contributed by atoms with Crippen molar-refractivity contribution >= 4 is 0 Å². The minimum absolute atomic E-state index is 0.381. The van der Waals surface area contributed by atoms with Crippen molar-refractivity contribution in [1.82, 2.24) is 39.9 Å². The zero-order valence-electron chi connectivity index (χ0n) is 35.9. The van der Waals surface area contributed by atoms with Gasteiger partial charge in [-0.2, -0.15) is 0 Å². The summed E-state index contributed by atoms with van der Waals surface area (Å²) in [5, 5.41) is 0. The summed E-state index contributed by atoms with van der Waals surface area (Å²) in [7, 11) is 0. The number of aromatic nitrogens is 8. The lowest BCUT2D eigenvalue weighted by Crippen LogP contribution is -2.66. The van der Waals surface area contributed by atoms with E-state index in [1.54, 1.807) is 0 Å². The van der Waals surface area contributed by atoms with Crippen molar-refractivity contribution in [2.75, 3.05) is 0 Å². The van der Waals surface area contributed by atoms with Gasteiger partial charge in [0.05, 0.1) is 11.4 Å². The summed E-state index contributed by atoms with van der Waals surface area (Å²) >= 11 is 0. The summed E-state index contributed by atoms with van der Waals surface area (Å²) in [4.78, 5) is 44.2. The molecule has 16 bridgehead atoms. The predicted octanol–water partition coefficient (Wildman–Crippen LogP) is 9.14. The standard InChI is InChI=1S/C48H58N8/c1-39(2)27-43(9)30-16-18-34(50-20-30)46(12,40(3,4)29-15-17-33(39)49-19-29)44(10)28-45(11)35-25-52-36(26-51-35)47(13,48(43,14)38-55-23-32(44)24-56-38)41(5,6)31-21-53-37(54-22-31)42(45,7)8/h15-26H,27-28H2,1-14H3. The molecule has 8 nitrogen and oxygen atoms in total. The Balaban J connectivity index is 1.61. The average Bonchev–Trinajstić information content (AvgIpc) is 3.19. The molecule has 0 aromatic carbocycles. The number of nitrogens with zero attached hydrogens (tertiary/aromatic N) is 8. The van der Waals surface area contributed by atoms with Crippen LogP contribution < -0.4 is 0 Å². The number of rotatable bonds is 0. The minimum atomic E-state index is -0.851. The molecule has 290 valence electrons. The Morgan fingerprint density at radius 1 is 0.321 bits per heavy atom. The Kier molecular flexibility index (Phi) is 7.11. The van der Waals surface area contributed by atoms with E-state index in [2.05, 4.69) is 171 Å². The molecule has 0 fully saturated rings. The molecule has 0 saturated heterocycles. The average molecular weight is 747 g/mol. The maximum absolute atomic E-state index is 5.68. The lowest BCUT2D eigenvalue weighted by Gasteiger charge is -2.62. The molecule has 5 aromatic rings. The monoisotopic (exact) mass is 746 g/mol. The van der Waals surface area contributed by atoms with Gasteiger partial charge in [-0.05, 0) is 47.2 Å². The lowest BCUT2D eigenvalue weighted by molar-refractivity contribution is 0.0447. The molecule has 0 N–H and O–H groups in total.